The zero-order chi connectivity index (χ0) is 40.9. The van der Waals surface area contributed by atoms with Crippen molar-refractivity contribution in [2.24, 2.45) is 14.1 Å². The fourth-order valence-corrected chi connectivity index (χ4v) is 6.00. The molecule has 0 spiro atoms. The molecule has 232 valence electrons. The smallest absolute Gasteiger partial charge is 0.256 e. The van der Waals surface area contributed by atoms with E-state index >= 15 is 0 Å². The van der Waals surface area contributed by atoms with Crippen molar-refractivity contribution in [3.05, 3.63) is 106 Å². The molecule has 0 saturated carbocycles. The number of amides is 2. The van der Waals surface area contributed by atoms with Gasteiger partial charge in [0.15, 0.2) is 0 Å². The first kappa shape index (κ1) is 18.9. The number of aryl methyl sites for hydroxylation is 4. The number of carbonyl (C=O) groups is 2. The Hall–Kier alpha value is -4.83. The van der Waals surface area contributed by atoms with Crippen LogP contribution in [-0.4, -0.2) is 63.8 Å². The Kier molecular flexibility index (Phi) is 5.00. The summed E-state index contributed by atoms with van der Waals surface area (Å²) < 4.78 is 98.9. The van der Waals surface area contributed by atoms with Crippen molar-refractivity contribution in [2.45, 2.75) is 39.5 Å². The number of aromatic amines is 2. The minimum absolute atomic E-state index is 0. The number of nitrogens with one attached hydrogen (secondary N) is 2. The maximum absolute atomic E-state index is 13.3. The average molecular weight is 637 g/mol. The minimum Gasteiger partial charge on any atom is -0.348 e. The molecule has 0 saturated heterocycles. The lowest BCUT2D eigenvalue weighted by Gasteiger charge is -2.27. The molecule has 2 amide bonds. The Bertz CT molecular complexity index is 2380. The third kappa shape index (κ3) is 5.08. The van der Waals surface area contributed by atoms with Gasteiger partial charge in [-0.05, 0) is 25.8 Å². The van der Waals surface area contributed by atoms with Gasteiger partial charge in [-0.3, -0.25) is 9.59 Å². The van der Waals surface area contributed by atoms with Crippen molar-refractivity contribution in [2.75, 3.05) is 13.1 Å². The van der Waals surface area contributed by atoms with E-state index in [1.807, 2.05) is 71.8 Å². The number of para-hydroxylation sites is 2. The van der Waals surface area contributed by atoms with Gasteiger partial charge in [-0.25, -0.2) is 9.97 Å². The van der Waals surface area contributed by atoms with Crippen molar-refractivity contribution in [3.8, 4) is 0 Å². The van der Waals surface area contributed by atoms with Crippen molar-refractivity contribution in [1.29, 1.82) is 0 Å². The van der Waals surface area contributed by atoms with Crippen LogP contribution in [0.15, 0.2) is 61.1 Å². The molecule has 2 aliphatic rings. The van der Waals surface area contributed by atoms with Crippen LogP contribution in [-0.2, 0) is 39.9 Å². The third-order valence-electron chi connectivity index (χ3n) is 8.17. The summed E-state index contributed by atoms with van der Waals surface area (Å²) in [6.45, 7) is -10.2. The van der Waals surface area contributed by atoms with E-state index in [0.29, 0.717) is 24.0 Å². The molecule has 0 unspecified atom stereocenters. The normalized spacial score (nSPS) is 19.4. The highest BCUT2D eigenvalue weighted by atomic mass is 35.5. The Morgan fingerprint density at radius 2 is 1.18 bits per heavy atom. The van der Waals surface area contributed by atoms with E-state index in [2.05, 4.69) is 19.9 Å². The second-order valence-electron chi connectivity index (χ2n) is 10.6. The van der Waals surface area contributed by atoms with Crippen molar-refractivity contribution in [1.82, 2.24) is 38.9 Å². The third-order valence-corrected chi connectivity index (χ3v) is 8.17. The summed E-state index contributed by atoms with van der Waals surface area (Å²) in [6, 6.07) is 14.8. The van der Waals surface area contributed by atoms with Gasteiger partial charge in [0.25, 0.3) is 11.8 Å². The summed E-state index contributed by atoms with van der Waals surface area (Å²) >= 11 is 0. The molecule has 2 aromatic carbocycles. The van der Waals surface area contributed by atoms with Gasteiger partial charge in [0.2, 0.25) is 0 Å². The molecule has 6 heterocycles. The SMILES string of the molecule is Cl.[2H]c1nc(C([2H])([2H])N2CCc3c(c4ccccc4n3C)C2=O)c(C([2H])([2H])[2H])[nH]1.[2H]c1nc(C([2H])([2H])N2CCc3c(c4ccccc4n3C)C2=O)c(C([2H])([2H])[2H])[nH]1. The molecule has 6 aromatic rings. The number of rotatable bonds is 4. The largest absolute Gasteiger partial charge is 0.348 e. The fourth-order valence-electron chi connectivity index (χ4n) is 6.00. The van der Waals surface area contributed by atoms with Gasteiger partial charge < -0.3 is 28.9 Å². The van der Waals surface area contributed by atoms with Gasteiger partial charge in [0.05, 0.1) is 53.6 Å². The molecule has 0 atom stereocenters. The monoisotopic (exact) mass is 636 g/mol. The van der Waals surface area contributed by atoms with Crippen LogP contribution in [0.5, 0.6) is 0 Å². The van der Waals surface area contributed by atoms with E-state index in [1.54, 1.807) is 0 Å². The van der Waals surface area contributed by atoms with Gasteiger partial charge in [-0.1, -0.05) is 36.4 Å². The van der Waals surface area contributed by atoms with Gasteiger partial charge in [-0.2, -0.15) is 0 Å². The van der Waals surface area contributed by atoms with Gasteiger partial charge >= 0.3 is 0 Å². The number of nitrogens with zero attached hydrogens (tertiary/aromatic N) is 6. The predicted octanol–water partition coefficient (Wildman–Crippen LogP) is 5.24. The topological polar surface area (TPSA) is 108 Å². The first-order chi connectivity index (χ1) is 26.1. The molecule has 0 fully saturated rings. The molecule has 4 aromatic heterocycles. The van der Waals surface area contributed by atoms with Gasteiger partial charge in [-0.15, -0.1) is 12.4 Å². The van der Waals surface area contributed by atoms with Crippen LogP contribution in [0.2, 0.25) is 0 Å². The Morgan fingerprint density at radius 1 is 0.756 bits per heavy atom. The van der Waals surface area contributed by atoms with E-state index in [-0.39, 0.29) is 25.5 Å². The lowest BCUT2D eigenvalue weighted by atomic mass is 10.0. The maximum Gasteiger partial charge on any atom is 0.256 e. The lowest BCUT2D eigenvalue weighted by molar-refractivity contribution is 0.0718. The zero-order valence-electron chi connectivity index (χ0n) is 36.4. The summed E-state index contributed by atoms with van der Waals surface area (Å²) in [5.41, 5.74) is 2.41. The van der Waals surface area contributed by atoms with Crippen molar-refractivity contribution >= 4 is 46.0 Å². The lowest BCUT2D eigenvalue weighted by Crippen LogP contribution is -2.37. The quantitative estimate of drug-likeness (QED) is 0.276. The van der Waals surface area contributed by atoms with E-state index in [9.17, 15) is 9.59 Å². The van der Waals surface area contributed by atoms with Crippen molar-refractivity contribution in [3.63, 3.8) is 0 Å². The molecular weight excluding hydrogens is 588 g/mol. The molecule has 10 nitrogen and oxygen atoms in total. The van der Waals surface area contributed by atoms with Crippen LogP contribution in [0.3, 0.4) is 0 Å². The minimum atomic E-state index is -2.68. The Morgan fingerprint density at radius 3 is 1.60 bits per heavy atom. The molecule has 8 rings (SSSR count). The number of benzene rings is 2. The number of hydrogen-bond acceptors (Lipinski definition) is 4. The molecular formula is C34H37ClN8O2. The highest BCUT2D eigenvalue weighted by Gasteiger charge is 2.31. The van der Waals surface area contributed by atoms with E-state index in [1.165, 1.54) is 0 Å². The summed E-state index contributed by atoms with van der Waals surface area (Å²) in [5.74, 6) is -1.04. The second kappa shape index (κ2) is 11.9. The summed E-state index contributed by atoms with van der Waals surface area (Å²) in [7, 11) is 3.73. The van der Waals surface area contributed by atoms with Crippen LogP contribution in [0, 0.1) is 13.7 Å². The van der Waals surface area contributed by atoms with Crippen LogP contribution in [0.4, 0.5) is 0 Å². The van der Waals surface area contributed by atoms with Crippen LogP contribution in [0.25, 0.3) is 21.8 Å². The van der Waals surface area contributed by atoms with Crippen LogP contribution < -0.4 is 0 Å². The summed E-state index contributed by atoms with van der Waals surface area (Å²) in [6.07, 6.45) is -0.0688. The molecule has 11 heteroatoms. The standard InChI is InChI=1S/2C17H18N4O.ClH/c2*1-11-13(19-10-18-11)9-21-8-7-15-16(17(21)22)12-5-3-4-6-14(12)20(15)2;/h2*3-6,10H,7-9H2,1-2H3,(H,18,19);1H/i2*1D3,9D2,10D;. The molecule has 0 bridgehead atoms. The number of halogens is 1. The summed E-state index contributed by atoms with van der Waals surface area (Å²) in [5, 5.41) is 1.45. The van der Waals surface area contributed by atoms with E-state index in [0.717, 1.165) is 43.0 Å². The average Bonchev–Trinajstić information content (AvgIpc) is 3.88. The highest BCUT2D eigenvalue weighted by molar-refractivity contribution is 6.10. The maximum atomic E-state index is 13.3. The van der Waals surface area contributed by atoms with Gasteiger partial charge in [0.1, 0.15) is 2.74 Å². The predicted molar refractivity (Wildman–Crippen MR) is 177 cm³/mol. The number of carbonyl (C=O) groups excluding carboxylic acids is 2. The highest BCUT2D eigenvalue weighted by Crippen LogP contribution is 2.32. The molecule has 2 N–H and O–H groups in total. The number of H-pyrrole nitrogens is 2. The van der Waals surface area contributed by atoms with Crippen LogP contribution >= 0.6 is 12.4 Å². The molecule has 0 aliphatic carbocycles. The first-order valence-electron chi connectivity index (χ1n) is 20.0. The van der Waals surface area contributed by atoms with Crippen LogP contribution in [0.1, 0.15) is 71.3 Å². The molecule has 0 radical (unpaired) electrons. The van der Waals surface area contributed by atoms with Gasteiger partial charge in [0, 0.05) is 92.8 Å². The molecule has 2 aliphatic heterocycles. The first-order valence-corrected chi connectivity index (χ1v) is 14.0. The fraction of sp³-hybridized carbons (Fsp3) is 0.294. The number of fused-ring (bicyclic) bond motifs is 6. The zero-order valence-corrected chi connectivity index (χ0v) is 25.2. The Labute approximate surface area is 284 Å². The molecule has 45 heavy (non-hydrogen) atoms. The number of hydrogen-bond donors (Lipinski definition) is 2. The van der Waals surface area contributed by atoms with E-state index < -0.39 is 73.9 Å². The number of aromatic nitrogens is 6. The van der Waals surface area contributed by atoms with Crippen molar-refractivity contribution < 1.29 is 26.0 Å². The van der Waals surface area contributed by atoms with E-state index in [4.69, 9.17) is 16.4 Å². The number of imidazole rings is 2. The summed E-state index contributed by atoms with van der Waals surface area (Å²) in [4.78, 5) is 40.7. The second-order valence-corrected chi connectivity index (χ2v) is 10.6. The Balaban J connectivity index is 0.000000189.